The largest absolute Gasteiger partial charge is 0.493 e. The van der Waals surface area contributed by atoms with E-state index in [0.717, 1.165) is 5.56 Å². The summed E-state index contributed by atoms with van der Waals surface area (Å²) in [6.45, 7) is 7.90. The fourth-order valence-electron chi connectivity index (χ4n) is 4.05. The normalized spacial score (nSPS) is 13.8. The average molecular weight is 601 g/mol. The third-order valence-electron chi connectivity index (χ3n) is 6.43. The van der Waals surface area contributed by atoms with Crippen LogP contribution in [0.15, 0.2) is 53.4 Å². The highest BCUT2D eigenvalue weighted by Gasteiger charge is 2.27. The third kappa shape index (κ3) is 7.59. The van der Waals surface area contributed by atoms with Crippen LogP contribution in [0.25, 0.3) is 0 Å². The van der Waals surface area contributed by atoms with Crippen LogP contribution in [0.4, 0.5) is 11.8 Å². The number of hydrogen-bond acceptors (Lipinski definition) is 11. The van der Waals surface area contributed by atoms with E-state index in [1.54, 1.807) is 48.5 Å². The minimum absolute atomic E-state index is 0.0402. The van der Waals surface area contributed by atoms with Gasteiger partial charge >= 0.3 is 5.97 Å². The molecule has 1 N–H and O–H groups in total. The maximum atomic E-state index is 13.6. The molecule has 0 aliphatic carbocycles. The van der Waals surface area contributed by atoms with Crippen molar-refractivity contribution in [2.45, 2.75) is 37.5 Å². The van der Waals surface area contributed by atoms with Crippen LogP contribution in [-0.2, 0) is 29.7 Å². The lowest BCUT2D eigenvalue weighted by Gasteiger charge is -2.28. The summed E-state index contributed by atoms with van der Waals surface area (Å²) in [5.41, 5.74) is 0.835. The summed E-state index contributed by atoms with van der Waals surface area (Å²) < 4.78 is 57.5. The van der Waals surface area contributed by atoms with E-state index in [0.29, 0.717) is 32.1 Å². The molecular formula is C29H36N4O8S. The lowest BCUT2D eigenvalue weighted by atomic mass is 9.87. The molecule has 0 atom stereocenters. The van der Waals surface area contributed by atoms with Crippen LogP contribution in [0.5, 0.6) is 23.1 Å². The number of methoxy groups -OCH3 is 2. The molecule has 42 heavy (non-hydrogen) atoms. The van der Waals surface area contributed by atoms with Crippen LogP contribution in [0.3, 0.4) is 0 Å². The second-order valence-electron chi connectivity index (χ2n) is 10.4. The van der Waals surface area contributed by atoms with E-state index in [1.165, 1.54) is 14.2 Å². The molecule has 0 saturated carbocycles. The fraction of sp³-hybridized carbons (Fsp3) is 0.414. The van der Waals surface area contributed by atoms with Gasteiger partial charge in [0.15, 0.2) is 17.3 Å². The minimum Gasteiger partial charge on any atom is -0.493 e. The van der Waals surface area contributed by atoms with Crippen molar-refractivity contribution in [3.8, 4) is 23.1 Å². The summed E-state index contributed by atoms with van der Waals surface area (Å²) in [7, 11) is -1.37. The molecule has 1 fully saturated rings. The molecule has 0 unspecified atom stereocenters. The predicted molar refractivity (Wildman–Crippen MR) is 156 cm³/mol. The van der Waals surface area contributed by atoms with Gasteiger partial charge in [0, 0.05) is 13.1 Å². The van der Waals surface area contributed by atoms with Crippen LogP contribution >= 0.6 is 0 Å². The topological polar surface area (TPSA) is 138 Å². The molecule has 226 valence electrons. The number of hydrogen-bond donors (Lipinski definition) is 1. The summed E-state index contributed by atoms with van der Waals surface area (Å²) >= 11 is 0. The minimum atomic E-state index is -4.13. The number of carbonyl (C=O) groups is 1. The molecule has 4 rings (SSSR count). The summed E-state index contributed by atoms with van der Waals surface area (Å²) in [4.78, 5) is 22.8. The average Bonchev–Trinajstić information content (AvgIpc) is 2.98. The Labute approximate surface area is 246 Å². The molecular weight excluding hydrogens is 564 g/mol. The first kappa shape index (κ1) is 30.8. The Hall–Kier alpha value is -4.10. The van der Waals surface area contributed by atoms with Crippen LogP contribution in [0.2, 0.25) is 0 Å². The van der Waals surface area contributed by atoms with Gasteiger partial charge in [-0.1, -0.05) is 45.0 Å². The zero-order valence-corrected chi connectivity index (χ0v) is 25.2. The molecule has 0 radical (unpaired) electrons. The van der Waals surface area contributed by atoms with Gasteiger partial charge in [-0.2, -0.15) is 9.97 Å². The highest BCUT2D eigenvalue weighted by atomic mass is 32.2. The molecule has 0 bridgehead atoms. The molecule has 1 aliphatic heterocycles. The van der Waals surface area contributed by atoms with Crippen molar-refractivity contribution in [2.75, 3.05) is 56.8 Å². The second-order valence-corrected chi connectivity index (χ2v) is 12.1. The molecule has 3 aromatic rings. The Kier molecular flexibility index (Phi) is 9.74. The molecule has 2 aromatic carbocycles. The van der Waals surface area contributed by atoms with Crippen LogP contribution in [0.1, 0.15) is 32.8 Å². The summed E-state index contributed by atoms with van der Waals surface area (Å²) in [6, 6.07) is 13.5. The Morgan fingerprint density at radius 2 is 1.67 bits per heavy atom. The van der Waals surface area contributed by atoms with Gasteiger partial charge in [0.1, 0.15) is 6.61 Å². The third-order valence-corrected chi connectivity index (χ3v) is 7.79. The van der Waals surface area contributed by atoms with Crippen LogP contribution in [0, 0.1) is 0 Å². The predicted octanol–water partition coefficient (Wildman–Crippen LogP) is 4.15. The number of morpholine rings is 1. The second kappa shape index (κ2) is 13.3. The number of rotatable bonds is 11. The lowest BCUT2D eigenvalue weighted by Crippen LogP contribution is -2.37. The van der Waals surface area contributed by atoms with E-state index in [4.69, 9.17) is 23.7 Å². The van der Waals surface area contributed by atoms with E-state index < -0.39 is 16.0 Å². The maximum absolute atomic E-state index is 13.6. The zero-order valence-electron chi connectivity index (χ0n) is 24.4. The van der Waals surface area contributed by atoms with E-state index in [-0.39, 0.29) is 52.5 Å². The fourth-order valence-corrected chi connectivity index (χ4v) is 5.05. The van der Waals surface area contributed by atoms with Crippen LogP contribution in [-0.4, -0.2) is 71.5 Å². The van der Waals surface area contributed by atoms with Gasteiger partial charge in [0.2, 0.25) is 11.7 Å². The Balaban J connectivity index is 1.81. The number of anilines is 2. The summed E-state index contributed by atoms with van der Waals surface area (Å²) in [6.07, 6.45) is -0.0668. The SMILES string of the molecule is COC(=O)CCOc1nc(N2CCOCC2)nc(NS(=O)(=O)c2ccc(C(C)(C)C)cc2)c1Oc1ccccc1OC. The lowest BCUT2D eigenvalue weighted by molar-refractivity contribution is -0.141. The molecule has 13 heteroatoms. The monoisotopic (exact) mass is 600 g/mol. The number of aromatic nitrogens is 2. The van der Waals surface area contributed by atoms with Crippen molar-refractivity contribution in [2.24, 2.45) is 0 Å². The van der Waals surface area contributed by atoms with Gasteiger partial charge in [0.25, 0.3) is 15.9 Å². The van der Waals surface area contributed by atoms with E-state index >= 15 is 0 Å². The molecule has 1 aromatic heterocycles. The number of carbonyl (C=O) groups excluding carboxylic acids is 1. The van der Waals surface area contributed by atoms with Crippen molar-refractivity contribution in [3.05, 3.63) is 54.1 Å². The van der Waals surface area contributed by atoms with Crippen molar-refractivity contribution < 1.29 is 36.9 Å². The van der Waals surface area contributed by atoms with Gasteiger partial charge in [-0.3, -0.25) is 9.52 Å². The number of nitrogens with one attached hydrogen (secondary N) is 1. The van der Waals surface area contributed by atoms with E-state index in [9.17, 15) is 13.2 Å². The van der Waals surface area contributed by atoms with Gasteiger partial charge < -0.3 is 28.6 Å². The van der Waals surface area contributed by atoms with Crippen molar-refractivity contribution in [1.29, 1.82) is 0 Å². The maximum Gasteiger partial charge on any atom is 0.308 e. The highest BCUT2D eigenvalue weighted by molar-refractivity contribution is 7.92. The first-order chi connectivity index (χ1) is 20.0. The first-order valence-electron chi connectivity index (χ1n) is 13.4. The van der Waals surface area contributed by atoms with Crippen molar-refractivity contribution in [1.82, 2.24) is 9.97 Å². The molecule has 0 amide bonds. The smallest absolute Gasteiger partial charge is 0.308 e. The number of sulfonamides is 1. The quantitative estimate of drug-likeness (QED) is 0.318. The number of esters is 1. The van der Waals surface area contributed by atoms with Crippen molar-refractivity contribution >= 4 is 27.8 Å². The Morgan fingerprint density at radius 3 is 2.29 bits per heavy atom. The summed E-state index contributed by atoms with van der Waals surface area (Å²) in [5, 5.41) is 0. The van der Waals surface area contributed by atoms with Crippen molar-refractivity contribution in [3.63, 3.8) is 0 Å². The molecule has 1 aliphatic rings. The number of benzene rings is 2. The number of nitrogens with zero attached hydrogens (tertiary/aromatic N) is 3. The van der Waals surface area contributed by atoms with Gasteiger partial charge in [-0.15, -0.1) is 0 Å². The zero-order chi connectivity index (χ0) is 30.3. The highest BCUT2D eigenvalue weighted by Crippen LogP contribution is 2.41. The Morgan fingerprint density at radius 1 is 1.00 bits per heavy atom. The van der Waals surface area contributed by atoms with E-state index in [2.05, 4.69) is 14.7 Å². The van der Waals surface area contributed by atoms with Gasteiger partial charge in [-0.05, 0) is 35.2 Å². The number of ether oxygens (including phenoxy) is 5. The molecule has 1 saturated heterocycles. The summed E-state index contributed by atoms with van der Waals surface area (Å²) in [5.74, 6) is 0.0740. The van der Waals surface area contributed by atoms with Crippen LogP contribution < -0.4 is 23.8 Å². The number of para-hydroxylation sites is 2. The van der Waals surface area contributed by atoms with E-state index in [1.807, 2.05) is 25.7 Å². The van der Waals surface area contributed by atoms with Gasteiger partial charge in [-0.25, -0.2) is 8.42 Å². The first-order valence-corrected chi connectivity index (χ1v) is 14.9. The molecule has 12 nitrogen and oxygen atoms in total. The molecule has 2 heterocycles. The van der Waals surface area contributed by atoms with Gasteiger partial charge in [0.05, 0.1) is 38.7 Å². The Bertz CT molecular complexity index is 1480. The standard InChI is InChI=1S/C29H36N4O8S/c1-29(2,3)20-10-12-21(13-11-20)42(35,36)32-26-25(41-23-9-7-6-8-22(23)37-4)27(40-17-14-24(34)38-5)31-28(30-26)33-15-18-39-19-16-33/h6-13H,14-19H2,1-5H3,(H,30,31,32). The molecule has 0 spiro atoms.